The number of aryl methyl sites for hydroxylation is 1. The molecule has 1 aromatic rings. The summed E-state index contributed by atoms with van der Waals surface area (Å²) in [5.74, 6) is -1.12. The molecule has 5 N–H and O–H groups in total. The number of hydrogen-bond donors (Lipinski definition) is 5. The Bertz CT molecular complexity index is 565. The van der Waals surface area contributed by atoms with E-state index >= 15 is 0 Å². The third-order valence-electron chi connectivity index (χ3n) is 3.78. The molecule has 0 amide bonds. The van der Waals surface area contributed by atoms with Crippen LogP contribution in [0.2, 0.25) is 0 Å². The van der Waals surface area contributed by atoms with E-state index in [0.29, 0.717) is 11.4 Å². The van der Waals surface area contributed by atoms with Gasteiger partial charge in [-0.05, 0) is 24.1 Å². The van der Waals surface area contributed by atoms with E-state index in [1.165, 1.54) is 0 Å². The molecule has 1 fully saturated rings. The zero-order chi connectivity index (χ0) is 17.1. The highest BCUT2D eigenvalue weighted by Gasteiger charge is 2.48. The largest absolute Gasteiger partial charge is 0.479 e. The Morgan fingerprint density at radius 2 is 1.96 bits per heavy atom. The first-order chi connectivity index (χ1) is 10.9. The Balaban J connectivity index is 2.22. The molecule has 1 aliphatic rings. The van der Waals surface area contributed by atoms with Crippen molar-refractivity contribution < 1.29 is 34.7 Å². The number of ether oxygens (including phenoxy) is 2. The first-order valence-corrected chi connectivity index (χ1v) is 7.28. The summed E-state index contributed by atoms with van der Waals surface area (Å²) >= 11 is 0. The van der Waals surface area contributed by atoms with Crippen LogP contribution in [0.5, 0.6) is 5.75 Å². The maximum absolute atomic E-state index is 11.1. The van der Waals surface area contributed by atoms with Crippen molar-refractivity contribution in [2.45, 2.75) is 44.1 Å². The smallest absolute Gasteiger partial charge is 0.335 e. The number of carboxylic acids is 1. The number of aliphatic hydroxyl groups is 3. The summed E-state index contributed by atoms with van der Waals surface area (Å²) in [6, 6.07) is 5.34. The van der Waals surface area contributed by atoms with Gasteiger partial charge in [0.15, 0.2) is 6.10 Å². The first kappa shape index (κ1) is 17.5. The number of carbonyl (C=O) groups is 1. The van der Waals surface area contributed by atoms with Crippen LogP contribution in [0.15, 0.2) is 18.2 Å². The number of aliphatic hydroxyl groups excluding tert-OH is 3. The minimum Gasteiger partial charge on any atom is -0.479 e. The van der Waals surface area contributed by atoms with E-state index in [1.54, 1.807) is 13.1 Å². The zero-order valence-corrected chi connectivity index (χ0v) is 12.8. The fraction of sp³-hybridized carbons (Fsp3) is 0.533. The lowest BCUT2D eigenvalue weighted by atomic mass is 9.99. The highest BCUT2D eigenvalue weighted by molar-refractivity contribution is 5.73. The number of carboxylic acid groups (broad SMARTS) is 1. The molecule has 0 saturated carbocycles. The highest BCUT2D eigenvalue weighted by atomic mass is 16.7. The average molecular weight is 327 g/mol. The second-order valence-corrected chi connectivity index (χ2v) is 5.29. The van der Waals surface area contributed by atoms with Crippen molar-refractivity contribution >= 4 is 11.7 Å². The maximum Gasteiger partial charge on any atom is 0.335 e. The lowest BCUT2D eigenvalue weighted by Crippen LogP contribution is -2.61. The van der Waals surface area contributed by atoms with Crippen molar-refractivity contribution in [2.75, 3.05) is 12.4 Å². The summed E-state index contributed by atoms with van der Waals surface area (Å²) in [7, 11) is 1.69. The van der Waals surface area contributed by atoms with Crippen LogP contribution in [0.3, 0.4) is 0 Å². The molecule has 0 unspecified atom stereocenters. The maximum atomic E-state index is 11.1. The fourth-order valence-corrected chi connectivity index (χ4v) is 2.37. The van der Waals surface area contributed by atoms with Gasteiger partial charge in [-0.1, -0.05) is 13.0 Å². The molecule has 128 valence electrons. The number of hydrogen-bond acceptors (Lipinski definition) is 7. The minimum absolute atomic E-state index is 0.335. The van der Waals surface area contributed by atoms with Crippen molar-refractivity contribution in [2.24, 2.45) is 0 Å². The summed E-state index contributed by atoms with van der Waals surface area (Å²) in [6.45, 7) is 2.00. The predicted octanol–water partition coefficient (Wildman–Crippen LogP) is -0.438. The Morgan fingerprint density at radius 1 is 1.26 bits per heavy atom. The molecule has 2 rings (SSSR count). The van der Waals surface area contributed by atoms with Crippen molar-refractivity contribution in [1.82, 2.24) is 0 Å². The van der Waals surface area contributed by atoms with Gasteiger partial charge in [-0.3, -0.25) is 0 Å². The van der Waals surface area contributed by atoms with Gasteiger partial charge in [-0.25, -0.2) is 4.79 Å². The van der Waals surface area contributed by atoms with Gasteiger partial charge in [0.2, 0.25) is 6.29 Å². The third kappa shape index (κ3) is 3.56. The summed E-state index contributed by atoms with van der Waals surface area (Å²) in [6.07, 6.45) is -7.31. The summed E-state index contributed by atoms with van der Waals surface area (Å²) in [4.78, 5) is 11.1. The van der Waals surface area contributed by atoms with Crippen molar-refractivity contribution in [3.63, 3.8) is 0 Å². The van der Waals surface area contributed by atoms with E-state index in [1.807, 2.05) is 19.1 Å². The molecule has 0 spiro atoms. The molecule has 1 aromatic carbocycles. The molecule has 1 saturated heterocycles. The molecular formula is C15H21NO7. The third-order valence-corrected chi connectivity index (χ3v) is 3.78. The molecule has 0 aliphatic carbocycles. The van der Waals surface area contributed by atoms with Crippen LogP contribution < -0.4 is 10.1 Å². The van der Waals surface area contributed by atoms with Gasteiger partial charge in [0, 0.05) is 7.05 Å². The number of nitrogens with one attached hydrogen (secondary N) is 1. The average Bonchev–Trinajstić information content (AvgIpc) is 2.55. The molecule has 0 bridgehead atoms. The van der Waals surface area contributed by atoms with Crippen LogP contribution >= 0.6 is 0 Å². The van der Waals surface area contributed by atoms with Crippen LogP contribution in [-0.2, 0) is 16.0 Å². The van der Waals surface area contributed by atoms with Crippen molar-refractivity contribution in [3.05, 3.63) is 23.8 Å². The van der Waals surface area contributed by atoms with Gasteiger partial charge in [0.05, 0.1) is 5.69 Å². The second kappa shape index (κ2) is 7.14. The molecule has 1 aliphatic heterocycles. The van der Waals surface area contributed by atoms with Gasteiger partial charge in [0.1, 0.15) is 24.1 Å². The SMILES string of the molecule is CCc1ccc(O[C@@H]2O[C@H](C(=O)O)[C@@H](O)[C@H](O)[C@H]2O)c(NC)c1. The van der Waals surface area contributed by atoms with Gasteiger partial charge >= 0.3 is 5.97 Å². The lowest BCUT2D eigenvalue weighted by Gasteiger charge is -2.38. The van der Waals surface area contributed by atoms with E-state index in [0.717, 1.165) is 12.0 Å². The predicted molar refractivity (Wildman–Crippen MR) is 80.3 cm³/mol. The van der Waals surface area contributed by atoms with E-state index in [4.69, 9.17) is 14.6 Å². The van der Waals surface area contributed by atoms with Gasteiger partial charge in [-0.15, -0.1) is 0 Å². The summed E-state index contributed by atoms with van der Waals surface area (Å²) in [5, 5.41) is 41.3. The van der Waals surface area contributed by atoms with Crippen LogP contribution in [0, 0.1) is 0 Å². The molecule has 1 heterocycles. The molecule has 0 radical (unpaired) electrons. The van der Waals surface area contributed by atoms with Crippen LogP contribution in [-0.4, -0.2) is 64.1 Å². The second-order valence-electron chi connectivity index (χ2n) is 5.29. The van der Waals surface area contributed by atoms with E-state index in [9.17, 15) is 20.1 Å². The Labute approximate surface area is 133 Å². The lowest BCUT2D eigenvalue weighted by molar-refractivity contribution is -0.271. The number of aliphatic carboxylic acids is 1. The van der Waals surface area contributed by atoms with Gasteiger partial charge in [0.25, 0.3) is 0 Å². The van der Waals surface area contributed by atoms with Crippen LogP contribution in [0.25, 0.3) is 0 Å². The van der Waals surface area contributed by atoms with Gasteiger partial charge in [-0.2, -0.15) is 0 Å². The molecule has 8 nitrogen and oxygen atoms in total. The summed E-state index contributed by atoms with van der Waals surface area (Å²) < 4.78 is 10.6. The van der Waals surface area contributed by atoms with Gasteiger partial charge < -0.3 is 35.2 Å². The van der Waals surface area contributed by atoms with Crippen molar-refractivity contribution in [1.29, 1.82) is 0 Å². The highest BCUT2D eigenvalue weighted by Crippen LogP contribution is 2.30. The van der Waals surface area contributed by atoms with E-state index in [-0.39, 0.29) is 0 Å². The Hall–Kier alpha value is -1.87. The normalized spacial score (nSPS) is 30.7. The van der Waals surface area contributed by atoms with E-state index < -0.39 is 36.7 Å². The quantitative estimate of drug-likeness (QED) is 0.492. The molecular weight excluding hydrogens is 306 g/mol. The van der Waals surface area contributed by atoms with Crippen molar-refractivity contribution in [3.8, 4) is 5.75 Å². The Kier molecular flexibility index (Phi) is 5.42. The number of anilines is 1. The molecule has 23 heavy (non-hydrogen) atoms. The topological polar surface area (TPSA) is 128 Å². The van der Waals surface area contributed by atoms with Crippen LogP contribution in [0.1, 0.15) is 12.5 Å². The standard InChI is InChI=1S/C15H21NO7/c1-3-7-4-5-9(8(6-7)16-2)22-15-12(19)10(17)11(18)13(23-15)14(20)21/h4-6,10-13,15-19H,3H2,1-2H3,(H,20,21)/t10-,11-,12+,13-,15+/m0/s1. The van der Waals surface area contributed by atoms with E-state index in [2.05, 4.69) is 5.32 Å². The fourth-order valence-electron chi connectivity index (χ4n) is 2.37. The first-order valence-electron chi connectivity index (χ1n) is 7.28. The zero-order valence-electron chi connectivity index (χ0n) is 12.8. The number of rotatable bonds is 5. The van der Waals surface area contributed by atoms with Crippen LogP contribution in [0.4, 0.5) is 5.69 Å². The molecule has 8 heteroatoms. The Morgan fingerprint density at radius 3 is 2.52 bits per heavy atom. The minimum atomic E-state index is -1.74. The monoisotopic (exact) mass is 327 g/mol. The molecule has 0 aromatic heterocycles. The molecule has 5 atom stereocenters. The summed E-state index contributed by atoms with van der Waals surface area (Å²) in [5.41, 5.74) is 1.69. The number of benzene rings is 1.